The minimum atomic E-state index is -3.54. The first-order chi connectivity index (χ1) is 11.5. The zero-order valence-corrected chi connectivity index (χ0v) is 16.0. The first-order valence-electron chi connectivity index (χ1n) is 7.40. The van der Waals surface area contributed by atoms with Gasteiger partial charge in [0, 0.05) is 17.2 Å². The van der Waals surface area contributed by atoms with Gasteiger partial charge in [0.1, 0.15) is 21.3 Å². The number of benzene rings is 1. The molecule has 0 aliphatic rings. The summed E-state index contributed by atoms with van der Waals surface area (Å²) < 4.78 is 28.5. The molecule has 1 aromatic heterocycles. The van der Waals surface area contributed by atoms with Gasteiger partial charge in [0.15, 0.2) is 9.84 Å². The molecule has 0 bridgehead atoms. The van der Waals surface area contributed by atoms with Crippen molar-refractivity contribution in [1.82, 2.24) is 10.3 Å². The highest BCUT2D eigenvalue weighted by Gasteiger charge is 2.17. The average Bonchev–Trinajstić information content (AvgIpc) is 2.91. The molecule has 0 spiro atoms. The topological polar surface area (TPSA) is 106 Å². The van der Waals surface area contributed by atoms with E-state index >= 15 is 0 Å². The molecular formula is C16H20N2O5S2. The largest absolute Gasteiger partial charge is 0.507 e. The van der Waals surface area contributed by atoms with Gasteiger partial charge in [0.2, 0.25) is 0 Å². The highest BCUT2D eigenvalue weighted by atomic mass is 32.2. The van der Waals surface area contributed by atoms with Crippen molar-refractivity contribution < 1.29 is 23.1 Å². The van der Waals surface area contributed by atoms with Gasteiger partial charge in [-0.05, 0) is 39.0 Å². The maximum Gasteiger partial charge on any atom is 0.408 e. The van der Waals surface area contributed by atoms with Gasteiger partial charge in [0.25, 0.3) is 0 Å². The van der Waals surface area contributed by atoms with Crippen molar-refractivity contribution in [2.75, 3.05) is 6.26 Å². The number of hydrogen-bond donors (Lipinski definition) is 2. The third kappa shape index (κ3) is 5.43. The summed E-state index contributed by atoms with van der Waals surface area (Å²) in [5, 5.41) is 14.7. The number of rotatable bonds is 4. The molecule has 0 fully saturated rings. The number of nitrogens with one attached hydrogen (secondary N) is 1. The SMILES string of the molecule is CC(C)(C)OC(=O)NCc1nc(-c2ccc(O)c(S(C)(=O)=O)c2)cs1. The number of hydrogen-bond acceptors (Lipinski definition) is 7. The molecule has 0 saturated carbocycles. The number of ether oxygens (including phenoxy) is 1. The predicted molar refractivity (Wildman–Crippen MR) is 95.4 cm³/mol. The Balaban J connectivity index is 2.13. The van der Waals surface area contributed by atoms with E-state index in [4.69, 9.17) is 4.74 Å². The van der Waals surface area contributed by atoms with E-state index in [0.29, 0.717) is 16.3 Å². The molecule has 136 valence electrons. The standard InChI is InChI=1S/C16H20N2O5S2/c1-16(2,3)23-15(20)17-8-14-18-11(9-24-14)10-5-6-12(19)13(7-10)25(4,21)22/h5-7,9,19H,8H2,1-4H3,(H,17,20). The number of carbonyl (C=O) groups is 1. The molecular weight excluding hydrogens is 364 g/mol. The second kappa shape index (κ2) is 7.01. The van der Waals surface area contributed by atoms with Gasteiger partial charge in [-0.2, -0.15) is 0 Å². The van der Waals surface area contributed by atoms with Gasteiger partial charge in [-0.25, -0.2) is 18.2 Å². The minimum absolute atomic E-state index is 0.147. The van der Waals surface area contributed by atoms with E-state index in [9.17, 15) is 18.3 Å². The van der Waals surface area contributed by atoms with E-state index in [1.54, 1.807) is 32.2 Å². The van der Waals surface area contributed by atoms with Crippen molar-refractivity contribution in [2.24, 2.45) is 0 Å². The van der Waals surface area contributed by atoms with Gasteiger partial charge in [0.05, 0.1) is 12.2 Å². The lowest BCUT2D eigenvalue weighted by molar-refractivity contribution is 0.0523. The molecule has 9 heteroatoms. The number of nitrogens with zero attached hydrogens (tertiary/aromatic N) is 1. The minimum Gasteiger partial charge on any atom is -0.507 e. The van der Waals surface area contributed by atoms with Crippen LogP contribution in [-0.2, 0) is 21.1 Å². The van der Waals surface area contributed by atoms with Crippen LogP contribution in [0.25, 0.3) is 11.3 Å². The van der Waals surface area contributed by atoms with Crippen LogP contribution in [0.4, 0.5) is 4.79 Å². The Bertz CT molecular complexity index is 882. The molecule has 1 heterocycles. The van der Waals surface area contributed by atoms with E-state index in [2.05, 4.69) is 10.3 Å². The molecule has 0 radical (unpaired) electrons. The maximum absolute atomic E-state index is 11.7. The molecule has 7 nitrogen and oxygen atoms in total. The van der Waals surface area contributed by atoms with Crippen LogP contribution >= 0.6 is 11.3 Å². The first kappa shape index (κ1) is 19.2. The number of alkyl carbamates (subject to hydrolysis) is 1. The third-order valence-corrected chi connectivity index (χ3v) is 4.96. The lowest BCUT2D eigenvalue weighted by Gasteiger charge is -2.19. The quantitative estimate of drug-likeness (QED) is 0.839. The summed E-state index contributed by atoms with van der Waals surface area (Å²) in [6.07, 6.45) is 0.497. The normalized spacial score (nSPS) is 12.0. The Hall–Kier alpha value is -2.13. The molecule has 2 rings (SSSR count). The van der Waals surface area contributed by atoms with Crippen LogP contribution in [-0.4, -0.2) is 36.5 Å². The summed E-state index contributed by atoms with van der Waals surface area (Å²) in [6.45, 7) is 5.53. The fourth-order valence-corrected chi connectivity index (χ4v) is 3.49. The van der Waals surface area contributed by atoms with E-state index < -0.39 is 21.5 Å². The lowest BCUT2D eigenvalue weighted by Crippen LogP contribution is -2.32. The van der Waals surface area contributed by atoms with Crippen LogP contribution in [0.5, 0.6) is 5.75 Å². The Morgan fingerprint density at radius 3 is 2.64 bits per heavy atom. The van der Waals surface area contributed by atoms with Crippen molar-refractivity contribution in [1.29, 1.82) is 0 Å². The summed E-state index contributed by atoms with van der Waals surface area (Å²) in [7, 11) is -3.54. The molecule has 0 saturated heterocycles. The monoisotopic (exact) mass is 384 g/mol. The summed E-state index contributed by atoms with van der Waals surface area (Å²) in [5.74, 6) is -0.298. The van der Waals surface area contributed by atoms with E-state index in [1.807, 2.05) is 0 Å². The highest BCUT2D eigenvalue weighted by Crippen LogP contribution is 2.29. The highest BCUT2D eigenvalue weighted by molar-refractivity contribution is 7.90. The lowest BCUT2D eigenvalue weighted by atomic mass is 10.2. The van der Waals surface area contributed by atoms with Gasteiger partial charge >= 0.3 is 6.09 Å². The Morgan fingerprint density at radius 1 is 1.36 bits per heavy atom. The van der Waals surface area contributed by atoms with Crippen molar-refractivity contribution in [3.63, 3.8) is 0 Å². The second-order valence-electron chi connectivity index (χ2n) is 6.44. The van der Waals surface area contributed by atoms with Crippen molar-refractivity contribution in [2.45, 2.75) is 37.8 Å². The summed E-state index contributed by atoms with van der Waals surface area (Å²) in [4.78, 5) is 15.9. The number of aromatic nitrogens is 1. The molecule has 2 N–H and O–H groups in total. The average molecular weight is 384 g/mol. The second-order valence-corrected chi connectivity index (χ2v) is 9.36. The summed E-state index contributed by atoms with van der Waals surface area (Å²) >= 11 is 1.33. The molecule has 25 heavy (non-hydrogen) atoms. The van der Waals surface area contributed by atoms with Crippen LogP contribution < -0.4 is 5.32 Å². The number of amides is 1. The molecule has 1 aromatic carbocycles. The molecule has 0 unspecified atom stereocenters. The van der Waals surface area contributed by atoms with E-state index in [-0.39, 0.29) is 17.2 Å². The van der Waals surface area contributed by atoms with Crippen molar-refractivity contribution >= 4 is 27.3 Å². The van der Waals surface area contributed by atoms with Crippen molar-refractivity contribution in [3.8, 4) is 17.0 Å². The van der Waals surface area contributed by atoms with Crippen LogP contribution in [0.15, 0.2) is 28.5 Å². The van der Waals surface area contributed by atoms with Crippen LogP contribution in [0, 0.1) is 0 Å². The summed E-state index contributed by atoms with van der Waals surface area (Å²) in [5.41, 5.74) is 0.556. The maximum atomic E-state index is 11.7. The molecule has 1 amide bonds. The Morgan fingerprint density at radius 2 is 2.04 bits per heavy atom. The van der Waals surface area contributed by atoms with Crippen LogP contribution in [0.1, 0.15) is 25.8 Å². The number of aromatic hydroxyl groups is 1. The number of thiazole rings is 1. The third-order valence-electron chi connectivity index (χ3n) is 2.99. The number of carbonyl (C=O) groups excluding carboxylic acids is 1. The Labute approximate surface area is 150 Å². The molecule has 0 aliphatic carbocycles. The van der Waals surface area contributed by atoms with Gasteiger partial charge < -0.3 is 15.2 Å². The Kier molecular flexibility index (Phi) is 5.38. The first-order valence-corrected chi connectivity index (χ1v) is 10.2. The smallest absolute Gasteiger partial charge is 0.408 e. The fraction of sp³-hybridized carbons (Fsp3) is 0.375. The molecule has 2 aromatic rings. The van der Waals surface area contributed by atoms with E-state index in [1.165, 1.54) is 23.5 Å². The zero-order valence-electron chi connectivity index (χ0n) is 14.4. The number of phenolic OH excluding ortho intramolecular Hbond substituents is 1. The van der Waals surface area contributed by atoms with E-state index in [0.717, 1.165) is 6.26 Å². The molecule has 0 atom stereocenters. The van der Waals surface area contributed by atoms with Gasteiger partial charge in [-0.3, -0.25) is 0 Å². The van der Waals surface area contributed by atoms with Gasteiger partial charge in [-0.15, -0.1) is 11.3 Å². The number of sulfone groups is 1. The number of phenols is 1. The van der Waals surface area contributed by atoms with Crippen LogP contribution in [0.3, 0.4) is 0 Å². The predicted octanol–water partition coefficient (Wildman–Crippen LogP) is 2.94. The van der Waals surface area contributed by atoms with Gasteiger partial charge in [-0.1, -0.05) is 0 Å². The summed E-state index contributed by atoms with van der Waals surface area (Å²) in [6, 6.07) is 4.29. The molecule has 0 aliphatic heterocycles. The zero-order chi connectivity index (χ0) is 18.8. The fourth-order valence-electron chi connectivity index (χ4n) is 1.96. The van der Waals surface area contributed by atoms with Crippen molar-refractivity contribution in [3.05, 3.63) is 28.6 Å². The van der Waals surface area contributed by atoms with Crippen LogP contribution in [0.2, 0.25) is 0 Å².